The number of aromatic carboxylic acids is 1. The van der Waals surface area contributed by atoms with Crippen molar-refractivity contribution in [3.8, 4) is 5.75 Å². The first-order valence-electron chi connectivity index (χ1n) is 11.6. The Kier molecular flexibility index (Phi) is 6.77. The number of nitrogens with one attached hydrogen (secondary N) is 4. The molecule has 0 atom stereocenters. The second-order valence-electron chi connectivity index (χ2n) is 8.68. The highest BCUT2D eigenvalue weighted by Gasteiger charge is 2.20. The quantitative estimate of drug-likeness (QED) is 0.216. The topological polar surface area (TPSA) is 180 Å². The lowest BCUT2D eigenvalue weighted by molar-refractivity contribution is -0.118. The van der Waals surface area contributed by atoms with Crippen LogP contribution < -0.4 is 20.7 Å². The summed E-state index contributed by atoms with van der Waals surface area (Å²) in [6, 6.07) is 11.2. The number of rotatable bonds is 7. The normalized spacial score (nSPS) is 12.3. The maximum Gasteiger partial charge on any atom is 0.335 e. The van der Waals surface area contributed by atoms with Crippen molar-refractivity contribution >= 4 is 47.4 Å². The highest BCUT2D eigenvalue weighted by atomic mass is 32.1. The van der Waals surface area contributed by atoms with E-state index in [0.717, 1.165) is 0 Å². The molecule has 4 aromatic rings. The number of nitrogens with zero attached hydrogens (tertiary/aromatic N) is 3. The molecule has 0 spiro atoms. The molecule has 2 aromatic carbocycles. The number of anilines is 1. The number of benzene rings is 2. The molecule has 0 saturated heterocycles. The van der Waals surface area contributed by atoms with Crippen molar-refractivity contribution in [2.24, 2.45) is 0 Å². The van der Waals surface area contributed by atoms with Gasteiger partial charge in [-0.2, -0.15) is 0 Å². The van der Waals surface area contributed by atoms with Crippen LogP contribution in [-0.2, 0) is 17.9 Å². The van der Waals surface area contributed by atoms with Crippen LogP contribution in [0.5, 0.6) is 5.75 Å². The molecule has 198 valence electrons. The number of carbonyl (C=O) groups excluding carboxylic acids is 3. The fourth-order valence-corrected chi connectivity index (χ4v) is 4.29. The van der Waals surface area contributed by atoms with E-state index in [-0.39, 0.29) is 53.1 Å². The van der Waals surface area contributed by atoms with Gasteiger partial charge in [0.25, 0.3) is 23.5 Å². The van der Waals surface area contributed by atoms with Crippen LogP contribution in [0, 0.1) is 11.7 Å². The zero-order valence-corrected chi connectivity index (χ0v) is 21.2. The van der Waals surface area contributed by atoms with Crippen molar-refractivity contribution in [1.82, 2.24) is 30.2 Å². The van der Waals surface area contributed by atoms with Crippen LogP contribution >= 0.6 is 12.2 Å². The first kappa shape index (κ1) is 25.5. The summed E-state index contributed by atoms with van der Waals surface area (Å²) in [5.41, 5.74) is 2.62. The first-order valence-corrected chi connectivity index (χ1v) is 12.0. The molecule has 5 N–H and O–H groups in total. The molecule has 5 rings (SSSR count). The molecule has 0 unspecified atom stereocenters. The van der Waals surface area contributed by atoms with Crippen molar-refractivity contribution < 1.29 is 29.0 Å². The Hall–Kier alpha value is -5.11. The smallest absolute Gasteiger partial charge is 0.335 e. The standard InChI is InChI=1S/C25H21N7O6S/c1-12-6-13(2-4-15(12)23(36)37)9-27-22(35)18-8-17(29-24-30-31-25(39)32(18)24)21(34)26-10-14-3-5-19-16(7-14)28-20(33)11-38-19/h2-8H,9-11H2,1H3,(H,26,34)(H,27,35)(H,28,33)(H,31,39)(H,36,37). The summed E-state index contributed by atoms with van der Waals surface area (Å²) in [5, 5.41) is 24.0. The van der Waals surface area contributed by atoms with Gasteiger partial charge in [-0.25, -0.2) is 19.3 Å². The molecule has 0 radical (unpaired) electrons. The Labute approximate surface area is 225 Å². The van der Waals surface area contributed by atoms with Gasteiger partial charge < -0.3 is 25.8 Å². The Morgan fingerprint density at radius 1 is 1.08 bits per heavy atom. The zero-order chi connectivity index (χ0) is 27.7. The van der Waals surface area contributed by atoms with Gasteiger partial charge in [-0.15, -0.1) is 5.10 Å². The van der Waals surface area contributed by atoms with Crippen molar-refractivity contribution in [2.45, 2.75) is 20.0 Å². The number of carboxylic acid groups (broad SMARTS) is 1. The molecule has 0 bridgehead atoms. The van der Waals surface area contributed by atoms with Crippen molar-refractivity contribution in [3.63, 3.8) is 0 Å². The fourth-order valence-electron chi connectivity index (χ4n) is 4.06. The molecule has 0 aliphatic carbocycles. The van der Waals surface area contributed by atoms with E-state index < -0.39 is 17.8 Å². The molecule has 1 aliphatic rings. The number of carboxylic acids is 1. The van der Waals surface area contributed by atoms with E-state index in [9.17, 15) is 24.3 Å². The average molecular weight is 548 g/mol. The van der Waals surface area contributed by atoms with Crippen LogP contribution in [0.4, 0.5) is 5.69 Å². The third-order valence-corrected chi connectivity index (χ3v) is 6.23. The van der Waals surface area contributed by atoms with E-state index in [1.165, 1.54) is 16.5 Å². The van der Waals surface area contributed by atoms with Crippen molar-refractivity contribution in [2.75, 3.05) is 11.9 Å². The second-order valence-corrected chi connectivity index (χ2v) is 9.06. The highest BCUT2D eigenvalue weighted by molar-refractivity contribution is 7.71. The van der Waals surface area contributed by atoms with Crippen LogP contribution in [0.2, 0.25) is 0 Å². The van der Waals surface area contributed by atoms with E-state index in [2.05, 4.69) is 31.1 Å². The lowest BCUT2D eigenvalue weighted by Crippen LogP contribution is -2.28. The Morgan fingerprint density at radius 2 is 1.79 bits per heavy atom. The SMILES string of the molecule is Cc1cc(CNC(=O)c2cc(C(=O)NCc3ccc4c(c3)NC(=O)CO4)nc3n[nH]c(=S)n23)ccc1C(=O)O. The molecule has 0 saturated carbocycles. The van der Waals surface area contributed by atoms with Gasteiger partial charge in [0, 0.05) is 13.1 Å². The number of aryl methyl sites for hydroxylation is 1. The Bertz CT molecular complexity index is 1730. The van der Waals surface area contributed by atoms with Gasteiger partial charge in [-0.3, -0.25) is 14.4 Å². The van der Waals surface area contributed by atoms with E-state index in [1.54, 1.807) is 37.3 Å². The lowest BCUT2D eigenvalue weighted by Gasteiger charge is -2.18. The van der Waals surface area contributed by atoms with E-state index in [1.807, 2.05) is 0 Å². The summed E-state index contributed by atoms with van der Waals surface area (Å²) < 4.78 is 6.77. The van der Waals surface area contributed by atoms with E-state index in [4.69, 9.17) is 17.0 Å². The summed E-state index contributed by atoms with van der Waals surface area (Å²) in [5.74, 6) is -1.83. The van der Waals surface area contributed by atoms with Gasteiger partial charge >= 0.3 is 5.97 Å². The van der Waals surface area contributed by atoms with Gasteiger partial charge in [0.05, 0.1) is 11.3 Å². The number of fused-ring (bicyclic) bond motifs is 2. The maximum absolute atomic E-state index is 13.1. The minimum atomic E-state index is -1.03. The summed E-state index contributed by atoms with van der Waals surface area (Å²) >= 11 is 5.24. The molecule has 1 aliphatic heterocycles. The summed E-state index contributed by atoms with van der Waals surface area (Å²) in [4.78, 5) is 53.1. The number of carbonyl (C=O) groups is 4. The third kappa shape index (κ3) is 5.31. The molecule has 13 nitrogen and oxygen atoms in total. The van der Waals surface area contributed by atoms with Gasteiger partial charge in [0.2, 0.25) is 4.77 Å². The fraction of sp³-hybridized carbons (Fsp3) is 0.160. The second kappa shape index (κ2) is 10.3. The van der Waals surface area contributed by atoms with Crippen LogP contribution in [0.3, 0.4) is 0 Å². The minimum absolute atomic E-state index is 0.0353. The number of aromatic nitrogens is 4. The maximum atomic E-state index is 13.1. The molecular formula is C25H21N7O6S. The van der Waals surface area contributed by atoms with Gasteiger partial charge in [-0.1, -0.05) is 18.2 Å². The Balaban J connectivity index is 1.33. The van der Waals surface area contributed by atoms with E-state index >= 15 is 0 Å². The van der Waals surface area contributed by atoms with Crippen LogP contribution in [0.25, 0.3) is 5.78 Å². The summed E-state index contributed by atoms with van der Waals surface area (Å²) in [6.45, 7) is 1.84. The largest absolute Gasteiger partial charge is 0.482 e. The molecule has 14 heteroatoms. The van der Waals surface area contributed by atoms with Crippen LogP contribution in [0.15, 0.2) is 42.5 Å². The number of hydrogen-bond acceptors (Lipinski definition) is 8. The average Bonchev–Trinajstić information content (AvgIpc) is 3.29. The number of amides is 3. The van der Waals surface area contributed by atoms with Crippen LogP contribution in [-0.4, -0.2) is 55.0 Å². The predicted molar refractivity (Wildman–Crippen MR) is 139 cm³/mol. The third-order valence-electron chi connectivity index (χ3n) is 5.96. The number of aromatic amines is 1. The first-order chi connectivity index (χ1) is 18.7. The number of hydrogen-bond donors (Lipinski definition) is 5. The van der Waals surface area contributed by atoms with Crippen molar-refractivity contribution in [1.29, 1.82) is 0 Å². The van der Waals surface area contributed by atoms with Crippen molar-refractivity contribution in [3.05, 3.63) is 80.9 Å². The van der Waals surface area contributed by atoms with Gasteiger partial charge in [0.1, 0.15) is 17.1 Å². The summed E-state index contributed by atoms with van der Waals surface area (Å²) in [6.07, 6.45) is 0. The highest BCUT2D eigenvalue weighted by Crippen LogP contribution is 2.28. The number of ether oxygens (including phenoxy) is 1. The number of H-pyrrole nitrogens is 1. The summed E-state index contributed by atoms with van der Waals surface area (Å²) in [7, 11) is 0. The minimum Gasteiger partial charge on any atom is -0.482 e. The molecule has 3 heterocycles. The zero-order valence-electron chi connectivity index (χ0n) is 20.4. The molecule has 3 amide bonds. The molecule has 0 fully saturated rings. The predicted octanol–water partition coefficient (Wildman–Crippen LogP) is 1.98. The molecule has 2 aromatic heterocycles. The van der Waals surface area contributed by atoms with Gasteiger partial charge in [-0.05, 0) is 60.1 Å². The molecule has 39 heavy (non-hydrogen) atoms. The lowest BCUT2D eigenvalue weighted by atomic mass is 10.1. The van der Waals surface area contributed by atoms with E-state index in [0.29, 0.717) is 28.1 Å². The van der Waals surface area contributed by atoms with Crippen LogP contribution in [0.1, 0.15) is 48.0 Å². The monoisotopic (exact) mass is 547 g/mol. The Morgan fingerprint density at radius 3 is 2.54 bits per heavy atom. The van der Waals surface area contributed by atoms with Gasteiger partial charge in [0.15, 0.2) is 6.61 Å². The molecular weight excluding hydrogens is 526 g/mol.